The summed E-state index contributed by atoms with van der Waals surface area (Å²) >= 11 is 37.6. The summed E-state index contributed by atoms with van der Waals surface area (Å²) < 4.78 is 0. The van der Waals surface area contributed by atoms with Gasteiger partial charge in [-0.1, -0.05) is 108 Å². The normalized spacial score (nSPS) is 12.1. The van der Waals surface area contributed by atoms with Crippen molar-refractivity contribution in [3.63, 3.8) is 0 Å². The van der Waals surface area contributed by atoms with Crippen LogP contribution in [0.15, 0.2) is 60.7 Å². The van der Waals surface area contributed by atoms with Crippen LogP contribution in [0.4, 0.5) is 0 Å². The van der Waals surface area contributed by atoms with Crippen molar-refractivity contribution < 1.29 is 15.3 Å². The fourth-order valence-corrected chi connectivity index (χ4v) is 5.98. The molecule has 0 aromatic heterocycles. The van der Waals surface area contributed by atoms with Crippen LogP contribution in [0.5, 0.6) is 17.2 Å². The van der Waals surface area contributed by atoms with E-state index in [2.05, 4.69) is 0 Å². The predicted octanol–water partition coefficient (Wildman–Crippen LogP) is 10.4. The van der Waals surface area contributed by atoms with Crippen LogP contribution >= 0.6 is 69.6 Å². The van der Waals surface area contributed by atoms with Crippen LogP contribution in [-0.4, -0.2) is 15.3 Å². The van der Waals surface area contributed by atoms with Gasteiger partial charge in [0.15, 0.2) is 17.2 Å². The van der Waals surface area contributed by atoms with Crippen molar-refractivity contribution in [3.05, 3.63) is 119 Å². The number of phenols is 3. The summed E-state index contributed by atoms with van der Waals surface area (Å²) in [5.41, 5.74) is 2.58. The van der Waals surface area contributed by atoms with E-state index in [1.807, 2.05) is 45.0 Å². The number of benzene rings is 4. The third-order valence-corrected chi connectivity index (χ3v) is 8.84. The van der Waals surface area contributed by atoms with E-state index in [0.717, 1.165) is 16.7 Å². The molecule has 0 fully saturated rings. The van der Waals surface area contributed by atoms with Gasteiger partial charge in [-0.15, -0.1) is 0 Å². The molecule has 0 aliphatic carbocycles. The van der Waals surface area contributed by atoms with Crippen LogP contribution < -0.4 is 0 Å². The van der Waals surface area contributed by atoms with Crippen molar-refractivity contribution in [2.75, 3.05) is 0 Å². The summed E-state index contributed by atoms with van der Waals surface area (Å²) in [6.45, 7) is 6.00. The lowest BCUT2D eigenvalue weighted by Crippen LogP contribution is -2.26. The lowest BCUT2D eigenvalue weighted by Gasteiger charge is -2.34. The third kappa shape index (κ3) is 5.01. The van der Waals surface area contributed by atoms with Crippen LogP contribution in [0.25, 0.3) is 0 Å². The highest BCUT2D eigenvalue weighted by Crippen LogP contribution is 2.47. The van der Waals surface area contributed by atoms with Crippen molar-refractivity contribution in [2.45, 2.75) is 31.6 Å². The van der Waals surface area contributed by atoms with Gasteiger partial charge < -0.3 is 15.3 Å². The fourth-order valence-electron chi connectivity index (χ4n) is 4.52. The Labute approximate surface area is 251 Å². The zero-order valence-electron chi connectivity index (χ0n) is 20.4. The molecule has 0 heterocycles. The molecular formula is C29H22Cl6O3. The van der Waals surface area contributed by atoms with Crippen molar-refractivity contribution in [1.29, 1.82) is 0 Å². The first-order chi connectivity index (χ1) is 17.7. The zero-order chi connectivity index (χ0) is 28.2. The summed E-state index contributed by atoms with van der Waals surface area (Å²) in [5.74, 6) is -0.592. The SMILES string of the molecule is CC(C)(c1ccc(C(C)(c2cc(Cl)c(O)c(Cl)c2)c2cc(Cl)c(O)c(Cl)c2)cc1)c1cc(Cl)c(O)c(Cl)c1. The van der Waals surface area contributed by atoms with E-state index in [4.69, 9.17) is 69.6 Å². The predicted molar refractivity (Wildman–Crippen MR) is 159 cm³/mol. The molecule has 0 spiro atoms. The Balaban J connectivity index is 1.90. The summed E-state index contributed by atoms with van der Waals surface area (Å²) in [6.07, 6.45) is 0. The number of hydrogen-bond donors (Lipinski definition) is 3. The minimum Gasteiger partial charge on any atom is -0.505 e. The molecule has 4 aromatic carbocycles. The van der Waals surface area contributed by atoms with Crippen LogP contribution in [0.1, 0.15) is 48.6 Å². The van der Waals surface area contributed by atoms with Gasteiger partial charge in [0.05, 0.1) is 30.1 Å². The first-order valence-electron chi connectivity index (χ1n) is 11.3. The molecule has 38 heavy (non-hydrogen) atoms. The molecule has 0 saturated carbocycles. The third-order valence-electron chi connectivity index (χ3n) is 7.11. The average Bonchev–Trinajstić information content (AvgIpc) is 2.87. The van der Waals surface area contributed by atoms with E-state index in [-0.39, 0.29) is 47.4 Å². The van der Waals surface area contributed by atoms with E-state index in [9.17, 15) is 15.3 Å². The second kappa shape index (κ2) is 10.5. The highest BCUT2D eigenvalue weighted by Gasteiger charge is 2.35. The Morgan fingerprint density at radius 2 is 0.684 bits per heavy atom. The molecule has 198 valence electrons. The Morgan fingerprint density at radius 1 is 0.421 bits per heavy atom. The lowest BCUT2D eigenvalue weighted by atomic mass is 9.70. The van der Waals surface area contributed by atoms with E-state index in [1.165, 1.54) is 0 Å². The van der Waals surface area contributed by atoms with Gasteiger partial charge in [-0.25, -0.2) is 0 Å². The topological polar surface area (TPSA) is 60.7 Å². The van der Waals surface area contributed by atoms with Gasteiger partial charge in [0.1, 0.15) is 0 Å². The number of hydrogen-bond acceptors (Lipinski definition) is 3. The summed E-state index contributed by atoms with van der Waals surface area (Å²) in [4.78, 5) is 0. The second-order valence-corrected chi connectivity index (χ2v) is 12.1. The van der Waals surface area contributed by atoms with Gasteiger partial charge in [0.25, 0.3) is 0 Å². The van der Waals surface area contributed by atoms with Gasteiger partial charge in [0.2, 0.25) is 0 Å². The molecule has 0 radical (unpaired) electrons. The minimum atomic E-state index is -0.893. The van der Waals surface area contributed by atoms with E-state index >= 15 is 0 Å². The molecule has 0 aliphatic heterocycles. The van der Waals surface area contributed by atoms with Crippen LogP contribution in [0.2, 0.25) is 30.1 Å². The Kier molecular flexibility index (Phi) is 8.05. The smallest absolute Gasteiger partial charge is 0.152 e. The Bertz CT molecular complexity index is 1420. The first kappa shape index (κ1) is 29.0. The largest absolute Gasteiger partial charge is 0.505 e. The quantitative estimate of drug-likeness (QED) is 0.192. The molecule has 4 aromatic rings. The standard InChI is InChI=1S/C29H22Cl6O3/c1-28(2,16-8-19(30)25(36)20(31)9-16)14-4-6-15(7-5-14)29(3,17-10-21(32)26(37)22(33)11-17)18-12-23(34)27(38)24(35)13-18/h4-13,36-38H,1-3H3. The lowest BCUT2D eigenvalue weighted by molar-refractivity contribution is 0.474. The molecule has 3 N–H and O–H groups in total. The molecular weight excluding hydrogens is 609 g/mol. The summed E-state index contributed by atoms with van der Waals surface area (Å²) in [7, 11) is 0. The van der Waals surface area contributed by atoms with Crippen molar-refractivity contribution in [3.8, 4) is 17.2 Å². The highest BCUT2D eigenvalue weighted by molar-refractivity contribution is 6.38. The number of aromatic hydroxyl groups is 3. The van der Waals surface area contributed by atoms with Gasteiger partial charge in [-0.05, 0) is 71.1 Å². The van der Waals surface area contributed by atoms with Gasteiger partial charge in [-0.2, -0.15) is 0 Å². The van der Waals surface area contributed by atoms with Gasteiger partial charge in [0, 0.05) is 10.8 Å². The molecule has 0 atom stereocenters. The zero-order valence-corrected chi connectivity index (χ0v) is 24.9. The molecule has 9 heteroatoms. The molecule has 0 amide bonds. The van der Waals surface area contributed by atoms with Crippen LogP contribution in [-0.2, 0) is 10.8 Å². The monoisotopic (exact) mass is 628 g/mol. The molecule has 0 saturated heterocycles. The van der Waals surface area contributed by atoms with Gasteiger partial charge in [-0.3, -0.25) is 0 Å². The van der Waals surface area contributed by atoms with Crippen molar-refractivity contribution >= 4 is 69.6 Å². The van der Waals surface area contributed by atoms with Gasteiger partial charge >= 0.3 is 0 Å². The maximum Gasteiger partial charge on any atom is 0.152 e. The minimum absolute atomic E-state index is 0.0912. The van der Waals surface area contributed by atoms with Crippen molar-refractivity contribution in [1.82, 2.24) is 0 Å². The maximum absolute atomic E-state index is 10.2. The molecule has 4 rings (SSSR count). The number of halogens is 6. The summed E-state index contributed by atoms with van der Waals surface area (Å²) in [5, 5.41) is 31.1. The Hall–Kier alpha value is -1.98. The van der Waals surface area contributed by atoms with E-state index in [1.54, 1.807) is 36.4 Å². The Morgan fingerprint density at radius 3 is 1.00 bits per heavy atom. The fraction of sp³-hybridized carbons (Fsp3) is 0.172. The maximum atomic E-state index is 10.2. The van der Waals surface area contributed by atoms with Crippen LogP contribution in [0, 0.1) is 0 Å². The van der Waals surface area contributed by atoms with E-state index in [0.29, 0.717) is 11.1 Å². The number of phenolic OH excluding ortho intramolecular Hbond substituents is 3. The van der Waals surface area contributed by atoms with Crippen LogP contribution in [0.3, 0.4) is 0 Å². The van der Waals surface area contributed by atoms with Crippen molar-refractivity contribution in [2.24, 2.45) is 0 Å². The second-order valence-electron chi connectivity index (χ2n) is 9.69. The molecule has 0 bridgehead atoms. The average molecular weight is 631 g/mol. The number of rotatable bonds is 5. The summed E-state index contributed by atoms with van der Waals surface area (Å²) in [6, 6.07) is 17.8. The molecule has 0 unspecified atom stereocenters. The molecule has 0 aliphatic rings. The molecule has 3 nitrogen and oxygen atoms in total. The highest BCUT2D eigenvalue weighted by atomic mass is 35.5. The first-order valence-corrected chi connectivity index (χ1v) is 13.6. The van der Waals surface area contributed by atoms with E-state index < -0.39 is 10.8 Å².